The normalized spacial score (nSPS) is 10.8. The maximum absolute atomic E-state index is 10.6. The van der Waals surface area contributed by atoms with Gasteiger partial charge < -0.3 is 9.84 Å². The lowest BCUT2D eigenvalue weighted by Gasteiger charge is -2.10. The maximum atomic E-state index is 10.6. The molecular weight excluding hydrogens is 264 g/mol. The van der Waals surface area contributed by atoms with Crippen molar-refractivity contribution in [2.24, 2.45) is 0 Å². The number of carbonyl (C=O) groups is 1. The Bertz CT molecular complexity index is 441. The standard InChI is InChI=1S/C15H19ClO3/c1-2-3-4-5-11-19-14-8-6-7-13(16)12(14)9-10-15(17)18/h6-10H,2-5,11H2,1H3,(H,17,18)/b10-9+. The van der Waals surface area contributed by atoms with E-state index in [2.05, 4.69) is 6.92 Å². The Morgan fingerprint density at radius 3 is 2.84 bits per heavy atom. The number of rotatable bonds is 8. The van der Waals surface area contributed by atoms with Crippen molar-refractivity contribution in [3.05, 3.63) is 34.9 Å². The van der Waals surface area contributed by atoms with E-state index in [0.717, 1.165) is 18.9 Å². The molecule has 3 nitrogen and oxygen atoms in total. The van der Waals surface area contributed by atoms with Crippen LogP contribution in [0.2, 0.25) is 5.02 Å². The van der Waals surface area contributed by atoms with Crippen molar-refractivity contribution in [3.63, 3.8) is 0 Å². The number of aliphatic carboxylic acids is 1. The van der Waals surface area contributed by atoms with E-state index in [1.165, 1.54) is 18.9 Å². The molecule has 0 aliphatic rings. The number of carboxylic acids is 1. The van der Waals surface area contributed by atoms with Crippen LogP contribution in [0.4, 0.5) is 0 Å². The van der Waals surface area contributed by atoms with E-state index >= 15 is 0 Å². The number of unbranched alkanes of at least 4 members (excludes halogenated alkanes) is 3. The minimum Gasteiger partial charge on any atom is -0.493 e. The fraction of sp³-hybridized carbons (Fsp3) is 0.400. The minimum atomic E-state index is -1.01. The van der Waals surface area contributed by atoms with Crippen molar-refractivity contribution < 1.29 is 14.6 Å². The first-order valence-electron chi connectivity index (χ1n) is 6.47. The van der Waals surface area contributed by atoms with Gasteiger partial charge in [0.1, 0.15) is 5.75 Å². The molecule has 1 aromatic rings. The van der Waals surface area contributed by atoms with Gasteiger partial charge in [0.25, 0.3) is 0 Å². The highest BCUT2D eigenvalue weighted by atomic mass is 35.5. The Morgan fingerprint density at radius 1 is 1.37 bits per heavy atom. The monoisotopic (exact) mass is 282 g/mol. The molecule has 1 aromatic carbocycles. The molecule has 0 radical (unpaired) electrons. The third kappa shape index (κ3) is 5.79. The quantitative estimate of drug-likeness (QED) is 0.568. The van der Waals surface area contributed by atoms with Crippen LogP contribution in [0, 0.1) is 0 Å². The van der Waals surface area contributed by atoms with E-state index in [4.69, 9.17) is 21.4 Å². The van der Waals surface area contributed by atoms with Crippen LogP contribution in [0.25, 0.3) is 6.08 Å². The average molecular weight is 283 g/mol. The lowest BCUT2D eigenvalue weighted by molar-refractivity contribution is -0.131. The highest BCUT2D eigenvalue weighted by Gasteiger charge is 2.05. The summed E-state index contributed by atoms with van der Waals surface area (Å²) in [6, 6.07) is 5.31. The van der Waals surface area contributed by atoms with E-state index in [0.29, 0.717) is 22.9 Å². The summed E-state index contributed by atoms with van der Waals surface area (Å²) in [4.78, 5) is 10.6. The van der Waals surface area contributed by atoms with Gasteiger partial charge in [0.15, 0.2) is 0 Å². The lowest BCUT2D eigenvalue weighted by Crippen LogP contribution is -1.99. The third-order valence-electron chi connectivity index (χ3n) is 2.66. The van der Waals surface area contributed by atoms with E-state index in [9.17, 15) is 4.79 Å². The van der Waals surface area contributed by atoms with Crippen molar-refractivity contribution in [1.29, 1.82) is 0 Å². The molecule has 0 fully saturated rings. The van der Waals surface area contributed by atoms with Crippen molar-refractivity contribution in [3.8, 4) is 5.75 Å². The summed E-state index contributed by atoms with van der Waals surface area (Å²) in [5.41, 5.74) is 0.613. The van der Waals surface area contributed by atoms with Gasteiger partial charge in [0.2, 0.25) is 0 Å². The molecule has 0 aliphatic carbocycles. The summed E-state index contributed by atoms with van der Waals surface area (Å²) in [6.07, 6.45) is 7.03. The topological polar surface area (TPSA) is 46.5 Å². The first-order valence-corrected chi connectivity index (χ1v) is 6.85. The summed E-state index contributed by atoms with van der Waals surface area (Å²) in [5, 5.41) is 9.15. The number of benzene rings is 1. The zero-order valence-electron chi connectivity index (χ0n) is 11.1. The van der Waals surface area contributed by atoms with Crippen molar-refractivity contribution in [2.75, 3.05) is 6.61 Å². The van der Waals surface area contributed by atoms with Gasteiger partial charge in [-0.25, -0.2) is 4.79 Å². The van der Waals surface area contributed by atoms with Crippen LogP contribution in [0.3, 0.4) is 0 Å². The average Bonchev–Trinajstić information content (AvgIpc) is 2.37. The Morgan fingerprint density at radius 2 is 2.16 bits per heavy atom. The molecular formula is C15H19ClO3. The van der Waals surface area contributed by atoms with Gasteiger partial charge in [0, 0.05) is 11.6 Å². The van der Waals surface area contributed by atoms with Crippen molar-refractivity contribution in [1.82, 2.24) is 0 Å². The van der Waals surface area contributed by atoms with Crippen LogP contribution in [-0.4, -0.2) is 17.7 Å². The fourth-order valence-corrected chi connectivity index (χ4v) is 1.90. The van der Waals surface area contributed by atoms with Crippen LogP contribution in [-0.2, 0) is 4.79 Å². The molecule has 104 valence electrons. The van der Waals surface area contributed by atoms with Crippen molar-refractivity contribution in [2.45, 2.75) is 32.6 Å². The summed E-state index contributed by atoms with van der Waals surface area (Å²) >= 11 is 6.05. The summed E-state index contributed by atoms with van der Waals surface area (Å²) in [6.45, 7) is 2.78. The zero-order chi connectivity index (χ0) is 14.1. The van der Waals surface area contributed by atoms with Crippen LogP contribution in [0.1, 0.15) is 38.2 Å². The molecule has 0 bridgehead atoms. The molecule has 4 heteroatoms. The number of halogens is 1. The van der Waals surface area contributed by atoms with E-state index < -0.39 is 5.97 Å². The highest BCUT2D eigenvalue weighted by molar-refractivity contribution is 6.32. The second kappa shape index (κ2) is 8.59. The molecule has 0 saturated heterocycles. The summed E-state index contributed by atoms with van der Waals surface area (Å²) in [5.74, 6) is -0.379. The maximum Gasteiger partial charge on any atom is 0.328 e. The molecule has 0 amide bonds. The first-order chi connectivity index (χ1) is 9.15. The van der Waals surface area contributed by atoms with Crippen molar-refractivity contribution >= 4 is 23.6 Å². The molecule has 0 atom stereocenters. The lowest BCUT2D eigenvalue weighted by atomic mass is 10.2. The molecule has 1 N–H and O–H groups in total. The van der Waals surface area contributed by atoms with E-state index in [1.807, 2.05) is 0 Å². The summed E-state index contributed by atoms with van der Waals surface area (Å²) < 4.78 is 5.67. The number of carboxylic acid groups (broad SMARTS) is 1. The molecule has 0 heterocycles. The van der Waals surface area contributed by atoms with Crippen LogP contribution >= 0.6 is 11.6 Å². The predicted molar refractivity (Wildman–Crippen MR) is 77.8 cm³/mol. The summed E-state index contributed by atoms with van der Waals surface area (Å²) in [7, 11) is 0. The van der Waals surface area contributed by atoms with Gasteiger partial charge >= 0.3 is 5.97 Å². The van der Waals surface area contributed by atoms with Gasteiger partial charge in [-0.15, -0.1) is 0 Å². The Labute approximate surface area is 118 Å². The van der Waals surface area contributed by atoms with Gasteiger partial charge in [-0.1, -0.05) is 43.9 Å². The smallest absolute Gasteiger partial charge is 0.328 e. The second-order valence-electron chi connectivity index (χ2n) is 4.23. The van der Waals surface area contributed by atoms with Crippen LogP contribution in [0.15, 0.2) is 24.3 Å². The third-order valence-corrected chi connectivity index (χ3v) is 2.99. The first kappa shape index (κ1) is 15.6. The predicted octanol–water partition coefficient (Wildman–Crippen LogP) is 4.40. The Kier molecular flexibility index (Phi) is 7.04. The van der Waals surface area contributed by atoms with Crippen LogP contribution in [0.5, 0.6) is 5.75 Å². The van der Waals surface area contributed by atoms with Gasteiger partial charge in [-0.3, -0.25) is 0 Å². The number of ether oxygens (including phenoxy) is 1. The second-order valence-corrected chi connectivity index (χ2v) is 4.64. The number of hydrogen-bond donors (Lipinski definition) is 1. The Balaban J connectivity index is 2.66. The minimum absolute atomic E-state index is 0.489. The SMILES string of the molecule is CCCCCCOc1cccc(Cl)c1/C=C/C(=O)O. The van der Waals surface area contributed by atoms with Gasteiger partial charge in [-0.05, 0) is 24.6 Å². The molecule has 19 heavy (non-hydrogen) atoms. The fourth-order valence-electron chi connectivity index (χ4n) is 1.67. The van der Waals surface area contributed by atoms with E-state index in [1.54, 1.807) is 18.2 Å². The molecule has 0 aliphatic heterocycles. The number of hydrogen-bond acceptors (Lipinski definition) is 2. The zero-order valence-corrected chi connectivity index (χ0v) is 11.8. The van der Waals surface area contributed by atoms with E-state index in [-0.39, 0.29) is 0 Å². The van der Waals surface area contributed by atoms with Gasteiger partial charge in [-0.2, -0.15) is 0 Å². The molecule has 0 aromatic heterocycles. The van der Waals surface area contributed by atoms with Crippen LogP contribution < -0.4 is 4.74 Å². The highest BCUT2D eigenvalue weighted by Crippen LogP contribution is 2.28. The molecule has 0 unspecified atom stereocenters. The van der Waals surface area contributed by atoms with Gasteiger partial charge in [0.05, 0.1) is 11.6 Å². The largest absolute Gasteiger partial charge is 0.493 e. The molecule has 0 spiro atoms. The Hall–Kier alpha value is -1.48. The molecule has 0 saturated carbocycles. The molecule has 1 rings (SSSR count).